The smallest absolute Gasteiger partial charge is 0.172 e. The summed E-state index contributed by atoms with van der Waals surface area (Å²) in [7, 11) is 0. The standard InChI is InChI=1S/C17H23NO2/c1-2-7-17(8-10-18-11-9-17)16(19)14-5-3-4-13-6-12-20-15(13)14/h3-5,18H,2,6-12H2,1H3. The van der Waals surface area contributed by atoms with Crippen LogP contribution in [0.4, 0.5) is 0 Å². The molecular weight excluding hydrogens is 250 g/mol. The molecule has 2 aliphatic heterocycles. The molecule has 2 heterocycles. The van der Waals surface area contributed by atoms with Gasteiger partial charge in [-0.3, -0.25) is 4.79 Å². The SMILES string of the molecule is CCCC1(C(=O)c2cccc3c2OCC3)CCNCC1. The quantitative estimate of drug-likeness (QED) is 0.857. The number of fused-ring (bicyclic) bond motifs is 1. The van der Waals surface area contributed by atoms with Gasteiger partial charge < -0.3 is 10.1 Å². The minimum absolute atomic E-state index is 0.179. The normalized spacial score (nSPS) is 20.2. The van der Waals surface area contributed by atoms with Crippen LogP contribution in [0, 0.1) is 5.41 Å². The van der Waals surface area contributed by atoms with Crippen LogP contribution in [0.3, 0.4) is 0 Å². The number of carbonyl (C=O) groups is 1. The van der Waals surface area contributed by atoms with E-state index in [1.807, 2.05) is 12.1 Å². The molecular formula is C17H23NO2. The van der Waals surface area contributed by atoms with Gasteiger partial charge in [0.25, 0.3) is 0 Å². The zero-order chi connectivity index (χ0) is 14.0. The molecule has 3 nitrogen and oxygen atoms in total. The van der Waals surface area contributed by atoms with Gasteiger partial charge in [-0.1, -0.05) is 25.5 Å². The zero-order valence-corrected chi connectivity index (χ0v) is 12.2. The first-order valence-corrected chi connectivity index (χ1v) is 7.77. The molecule has 3 heteroatoms. The first kappa shape index (κ1) is 13.6. The van der Waals surface area contributed by atoms with E-state index in [1.54, 1.807) is 0 Å². The molecule has 0 unspecified atom stereocenters. The van der Waals surface area contributed by atoms with Crippen LogP contribution in [0.1, 0.15) is 48.5 Å². The Balaban J connectivity index is 1.96. The summed E-state index contributed by atoms with van der Waals surface area (Å²) in [5.74, 6) is 1.16. The van der Waals surface area contributed by atoms with Crippen molar-refractivity contribution in [2.24, 2.45) is 5.41 Å². The van der Waals surface area contributed by atoms with Crippen LogP contribution in [0.5, 0.6) is 5.75 Å². The van der Waals surface area contributed by atoms with Crippen molar-refractivity contribution in [2.45, 2.75) is 39.0 Å². The van der Waals surface area contributed by atoms with Crippen LogP contribution in [0.25, 0.3) is 0 Å². The number of rotatable bonds is 4. The van der Waals surface area contributed by atoms with E-state index >= 15 is 0 Å². The molecule has 0 atom stereocenters. The van der Waals surface area contributed by atoms with Crippen molar-refractivity contribution >= 4 is 5.78 Å². The Kier molecular flexibility index (Phi) is 3.79. The van der Waals surface area contributed by atoms with Gasteiger partial charge >= 0.3 is 0 Å². The number of carbonyl (C=O) groups excluding carboxylic acids is 1. The second-order valence-electron chi connectivity index (χ2n) is 6.00. The van der Waals surface area contributed by atoms with E-state index in [2.05, 4.69) is 18.3 Å². The zero-order valence-electron chi connectivity index (χ0n) is 12.2. The molecule has 108 valence electrons. The highest BCUT2D eigenvalue weighted by molar-refractivity contribution is 6.03. The summed E-state index contributed by atoms with van der Waals surface area (Å²) in [5.41, 5.74) is 1.83. The van der Waals surface area contributed by atoms with Crippen LogP contribution in [-0.4, -0.2) is 25.5 Å². The van der Waals surface area contributed by atoms with E-state index in [9.17, 15) is 4.79 Å². The molecule has 1 saturated heterocycles. The van der Waals surface area contributed by atoms with Gasteiger partial charge in [-0.15, -0.1) is 0 Å². The Morgan fingerprint density at radius 3 is 2.90 bits per heavy atom. The molecule has 20 heavy (non-hydrogen) atoms. The molecule has 1 fully saturated rings. The van der Waals surface area contributed by atoms with Gasteiger partial charge in [-0.05, 0) is 44.0 Å². The third-order valence-corrected chi connectivity index (χ3v) is 4.73. The molecule has 0 bridgehead atoms. The molecule has 0 spiro atoms. The van der Waals surface area contributed by atoms with E-state index in [-0.39, 0.29) is 5.41 Å². The summed E-state index contributed by atoms with van der Waals surface area (Å²) >= 11 is 0. The summed E-state index contributed by atoms with van der Waals surface area (Å²) < 4.78 is 5.73. The predicted molar refractivity (Wildman–Crippen MR) is 79.4 cm³/mol. The number of para-hydroxylation sites is 1. The Hall–Kier alpha value is -1.35. The lowest BCUT2D eigenvalue weighted by atomic mass is 9.70. The summed E-state index contributed by atoms with van der Waals surface area (Å²) in [4.78, 5) is 13.2. The number of ether oxygens (including phenoxy) is 1. The van der Waals surface area contributed by atoms with E-state index in [4.69, 9.17) is 4.74 Å². The van der Waals surface area contributed by atoms with Crippen molar-refractivity contribution in [1.29, 1.82) is 0 Å². The van der Waals surface area contributed by atoms with Crippen LogP contribution in [-0.2, 0) is 6.42 Å². The molecule has 0 saturated carbocycles. The second kappa shape index (κ2) is 5.57. The average molecular weight is 273 g/mol. The number of benzene rings is 1. The van der Waals surface area contributed by atoms with E-state index < -0.39 is 0 Å². The molecule has 0 amide bonds. The number of hydrogen-bond donors (Lipinski definition) is 1. The number of piperidine rings is 1. The van der Waals surface area contributed by atoms with Crippen molar-refractivity contribution in [1.82, 2.24) is 5.32 Å². The summed E-state index contributed by atoms with van der Waals surface area (Å²) in [6, 6.07) is 6.03. The number of hydrogen-bond acceptors (Lipinski definition) is 3. The van der Waals surface area contributed by atoms with E-state index in [1.165, 1.54) is 5.56 Å². The lowest BCUT2D eigenvalue weighted by Gasteiger charge is -2.36. The Morgan fingerprint density at radius 2 is 2.15 bits per heavy atom. The first-order valence-electron chi connectivity index (χ1n) is 7.77. The highest BCUT2D eigenvalue weighted by Gasteiger charge is 2.40. The van der Waals surface area contributed by atoms with Gasteiger partial charge in [0.2, 0.25) is 0 Å². The van der Waals surface area contributed by atoms with E-state index in [0.717, 1.165) is 56.5 Å². The van der Waals surface area contributed by atoms with Crippen molar-refractivity contribution in [3.8, 4) is 5.75 Å². The van der Waals surface area contributed by atoms with Crippen LogP contribution in [0.15, 0.2) is 18.2 Å². The summed E-state index contributed by atoms with van der Waals surface area (Å²) in [6.45, 7) is 4.77. The van der Waals surface area contributed by atoms with Gasteiger partial charge in [-0.2, -0.15) is 0 Å². The Labute approximate surface area is 120 Å². The predicted octanol–water partition coefficient (Wildman–Crippen LogP) is 2.97. The maximum atomic E-state index is 13.2. The average Bonchev–Trinajstić information content (AvgIpc) is 2.96. The molecule has 1 aromatic carbocycles. The molecule has 1 N–H and O–H groups in total. The van der Waals surface area contributed by atoms with Crippen LogP contribution >= 0.6 is 0 Å². The molecule has 0 aliphatic carbocycles. The van der Waals surface area contributed by atoms with Gasteiger partial charge in [0, 0.05) is 11.8 Å². The summed E-state index contributed by atoms with van der Waals surface area (Å²) in [5, 5.41) is 3.37. The fraction of sp³-hybridized carbons (Fsp3) is 0.588. The Bertz CT molecular complexity index is 498. The number of nitrogens with one attached hydrogen (secondary N) is 1. The molecule has 0 aromatic heterocycles. The fourth-order valence-corrected chi connectivity index (χ4v) is 3.65. The van der Waals surface area contributed by atoms with Crippen molar-refractivity contribution < 1.29 is 9.53 Å². The van der Waals surface area contributed by atoms with E-state index in [0.29, 0.717) is 12.4 Å². The fourth-order valence-electron chi connectivity index (χ4n) is 3.65. The minimum atomic E-state index is -0.179. The third kappa shape index (κ3) is 2.24. The molecule has 2 aliphatic rings. The van der Waals surface area contributed by atoms with Gasteiger partial charge in [-0.25, -0.2) is 0 Å². The highest BCUT2D eigenvalue weighted by Crippen LogP contribution is 2.41. The lowest BCUT2D eigenvalue weighted by Crippen LogP contribution is -2.42. The van der Waals surface area contributed by atoms with Gasteiger partial charge in [0.15, 0.2) is 5.78 Å². The third-order valence-electron chi connectivity index (χ3n) is 4.73. The van der Waals surface area contributed by atoms with Crippen molar-refractivity contribution in [3.63, 3.8) is 0 Å². The number of Topliss-reactive ketones (excluding diaryl/α,β-unsaturated/α-hetero) is 1. The summed E-state index contributed by atoms with van der Waals surface area (Å²) in [6.07, 6.45) is 4.87. The molecule has 1 aromatic rings. The first-order chi connectivity index (χ1) is 9.77. The van der Waals surface area contributed by atoms with Crippen molar-refractivity contribution in [3.05, 3.63) is 29.3 Å². The largest absolute Gasteiger partial charge is 0.492 e. The molecule has 3 rings (SSSR count). The monoisotopic (exact) mass is 273 g/mol. The minimum Gasteiger partial charge on any atom is -0.492 e. The van der Waals surface area contributed by atoms with Gasteiger partial charge in [0.1, 0.15) is 5.75 Å². The maximum Gasteiger partial charge on any atom is 0.172 e. The van der Waals surface area contributed by atoms with Gasteiger partial charge in [0.05, 0.1) is 12.2 Å². The Morgan fingerprint density at radius 1 is 1.35 bits per heavy atom. The molecule has 0 radical (unpaired) electrons. The van der Waals surface area contributed by atoms with Crippen LogP contribution in [0.2, 0.25) is 0 Å². The topological polar surface area (TPSA) is 38.3 Å². The van der Waals surface area contributed by atoms with Crippen LogP contribution < -0.4 is 10.1 Å². The maximum absolute atomic E-state index is 13.2. The van der Waals surface area contributed by atoms with Crippen molar-refractivity contribution in [2.75, 3.05) is 19.7 Å². The lowest BCUT2D eigenvalue weighted by molar-refractivity contribution is 0.0701. The second-order valence-corrected chi connectivity index (χ2v) is 6.00. The number of ketones is 1. The highest BCUT2D eigenvalue weighted by atomic mass is 16.5.